The Bertz CT molecular complexity index is 370. The summed E-state index contributed by atoms with van der Waals surface area (Å²) < 4.78 is 5.13. The summed E-state index contributed by atoms with van der Waals surface area (Å²) in [4.78, 5) is 24.7. The predicted octanol–water partition coefficient (Wildman–Crippen LogP) is 2.65. The first kappa shape index (κ1) is 12.3. The van der Waals surface area contributed by atoms with Crippen molar-refractivity contribution in [2.75, 3.05) is 6.61 Å². The number of Topliss-reactive ketones (excluding diaryl/α,β-unsaturated/α-hetero) is 1. The maximum atomic E-state index is 12.5. The van der Waals surface area contributed by atoms with Crippen LogP contribution in [-0.2, 0) is 14.3 Å². The lowest BCUT2D eigenvalue weighted by Crippen LogP contribution is -2.45. The van der Waals surface area contributed by atoms with Gasteiger partial charge in [0.15, 0.2) is 5.78 Å². The van der Waals surface area contributed by atoms with Gasteiger partial charge in [-0.05, 0) is 33.1 Å². The van der Waals surface area contributed by atoms with Crippen molar-refractivity contribution in [3.8, 4) is 0 Å². The number of ketones is 1. The molecule has 0 radical (unpaired) electrons. The minimum atomic E-state index is -0.864. The van der Waals surface area contributed by atoms with Crippen molar-refractivity contribution in [2.24, 2.45) is 11.3 Å². The Balaban J connectivity index is 2.36. The molecule has 0 N–H and O–H groups in total. The van der Waals surface area contributed by atoms with E-state index in [0.717, 1.165) is 24.8 Å². The number of hydrogen-bond acceptors (Lipinski definition) is 3. The van der Waals surface area contributed by atoms with E-state index in [1.165, 1.54) is 0 Å². The van der Waals surface area contributed by atoms with Gasteiger partial charge in [-0.1, -0.05) is 24.5 Å². The quantitative estimate of drug-likeness (QED) is 0.420. The largest absolute Gasteiger partial charge is 0.465 e. The van der Waals surface area contributed by atoms with Crippen LogP contribution >= 0.6 is 0 Å². The highest BCUT2D eigenvalue weighted by molar-refractivity contribution is 6.07. The Kier molecular flexibility index (Phi) is 3.36. The average Bonchev–Trinajstić information content (AvgIpc) is 2.40. The number of carbonyl (C=O) groups is 2. The molecule has 17 heavy (non-hydrogen) atoms. The third-order valence-corrected chi connectivity index (χ3v) is 4.12. The van der Waals surface area contributed by atoms with Crippen LogP contribution in [0.15, 0.2) is 11.6 Å². The van der Waals surface area contributed by atoms with Crippen LogP contribution < -0.4 is 0 Å². The van der Waals surface area contributed by atoms with Crippen LogP contribution in [0.3, 0.4) is 0 Å². The molecule has 0 spiro atoms. The third kappa shape index (κ3) is 1.92. The maximum Gasteiger partial charge on any atom is 0.319 e. The Morgan fingerprint density at radius 1 is 1.53 bits per heavy atom. The van der Waals surface area contributed by atoms with Crippen LogP contribution in [0, 0.1) is 11.3 Å². The zero-order valence-corrected chi connectivity index (χ0v) is 10.6. The van der Waals surface area contributed by atoms with E-state index in [1.54, 1.807) is 6.92 Å². The fourth-order valence-electron chi connectivity index (χ4n) is 3.03. The highest BCUT2D eigenvalue weighted by Gasteiger charge is 2.51. The zero-order chi connectivity index (χ0) is 12.5. The lowest BCUT2D eigenvalue weighted by Gasteiger charge is -2.34. The first-order chi connectivity index (χ1) is 8.12. The van der Waals surface area contributed by atoms with Crippen molar-refractivity contribution in [3.63, 3.8) is 0 Å². The molecule has 0 saturated heterocycles. The van der Waals surface area contributed by atoms with Gasteiger partial charge in [-0.3, -0.25) is 9.59 Å². The van der Waals surface area contributed by atoms with Crippen LogP contribution in [0.25, 0.3) is 0 Å². The smallest absolute Gasteiger partial charge is 0.319 e. The molecule has 0 aromatic heterocycles. The van der Waals surface area contributed by atoms with Crippen molar-refractivity contribution in [1.29, 1.82) is 0 Å². The molecule has 94 valence electrons. The number of ether oxygens (including phenoxy) is 1. The summed E-state index contributed by atoms with van der Waals surface area (Å²) >= 11 is 0. The Hall–Kier alpha value is -1.12. The fraction of sp³-hybridized carbons (Fsp3) is 0.714. The van der Waals surface area contributed by atoms with Crippen LogP contribution in [0.4, 0.5) is 0 Å². The lowest BCUT2D eigenvalue weighted by atomic mass is 9.68. The van der Waals surface area contributed by atoms with Crippen molar-refractivity contribution >= 4 is 11.8 Å². The summed E-state index contributed by atoms with van der Waals surface area (Å²) in [5.74, 6) is -0.246. The van der Waals surface area contributed by atoms with E-state index in [2.05, 4.69) is 6.08 Å². The van der Waals surface area contributed by atoms with E-state index in [0.29, 0.717) is 19.4 Å². The highest BCUT2D eigenvalue weighted by atomic mass is 16.5. The normalized spacial score (nSPS) is 32.7. The number of allylic oxidation sites excluding steroid dienone is 2. The van der Waals surface area contributed by atoms with E-state index < -0.39 is 5.41 Å². The van der Waals surface area contributed by atoms with Crippen molar-refractivity contribution in [3.05, 3.63) is 11.6 Å². The van der Waals surface area contributed by atoms with Crippen molar-refractivity contribution < 1.29 is 14.3 Å². The molecule has 0 aromatic rings. The Labute approximate surface area is 102 Å². The highest BCUT2D eigenvalue weighted by Crippen LogP contribution is 2.45. The van der Waals surface area contributed by atoms with Gasteiger partial charge in [0.1, 0.15) is 5.41 Å². The minimum Gasteiger partial charge on any atom is -0.465 e. The average molecular weight is 236 g/mol. The Morgan fingerprint density at radius 3 is 3.00 bits per heavy atom. The summed E-state index contributed by atoms with van der Waals surface area (Å²) in [6, 6.07) is 0. The second-order valence-corrected chi connectivity index (χ2v) is 5.12. The van der Waals surface area contributed by atoms with E-state index in [9.17, 15) is 9.59 Å². The lowest BCUT2D eigenvalue weighted by molar-refractivity contribution is -0.161. The van der Waals surface area contributed by atoms with Gasteiger partial charge in [-0.15, -0.1) is 0 Å². The molecule has 2 rings (SSSR count). The zero-order valence-electron chi connectivity index (χ0n) is 10.6. The van der Waals surface area contributed by atoms with E-state index >= 15 is 0 Å². The van der Waals surface area contributed by atoms with Gasteiger partial charge in [0.25, 0.3) is 0 Å². The maximum absolute atomic E-state index is 12.5. The summed E-state index contributed by atoms with van der Waals surface area (Å²) in [6.45, 7) is 4.14. The Morgan fingerprint density at radius 2 is 2.29 bits per heavy atom. The van der Waals surface area contributed by atoms with Crippen LogP contribution in [0.5, 0.6) is 0 Å². The van der Waals surface area contributed by atoms with Crippen LogP contribution in [-0.4, -0.2) is 18.4 Å². The first-order valence-corrected chi connectivity index (χ1v) is 6.50. The second kappa shape index (κ2) is 4.63. The molecular formula is C14H20O3. The number of rotatable bonds is 2. The topological polar surface area (TPSA) is 43.4 Å². The van der Waals surface area contributed by atoms with Gasteiger partial charge >= 0.3 is 5.97 Å². The number of fused-ring (bicyclic) bond motifs is 2. The monoisotopic (exact) mass is 236 g/mol. The molecule has 0 aromatic carbocycles. The molecule has 0 heterocycles. The van der Waals surface area contributed by atoms with Gasteiger partial charge in [-0.25, -0.2) is 0 Å². The number of carbonyl (C=O) groups excluding carboxylic acids is 2. The van der Waals surface area contributed by atoms with Gasteiger partial charge in [-0.2, -0.15) is 0 Å². The summed E-state index contributed by atoms with van der Waals surface area (Å²) in [5, 5.41) is 0. The molecule has 3 nitrogen and oxygen atoms in total. The van der Waals surface area contributed by atoms with Crippen molar-refractivity contribution in [2.45, 2.75) is 46.0 Å². The molecule has 0 amide bonds. The van der Waals surface area contributed by atoms with Gasteiger partial charge in [0, 0.05) is 5.92 Å². The molecule has 1 saturated carbocycles. The molecule has 2 bridgehead atoms. The summed E-state index contributed by atoms with van der Waals surface area (Å²) in [5.41, 5.74) is 0.272. The molecule has 2 aliphatic rings. The number of esters is 1. The van der Waals surface area contributed by atoms with Gasteiger partial charge < -0.3 is 4.74 Å². The van der Waals surface area contributed by atoms with Crippen LogP contribution in [0.2, 0.25) is 0 Å². The van der Waals surface area contributed by atoms with Crippen molar-refractivity contribution in [1.82, 2.24) is 0 Å². The molecule has 1 fully saturated rings. The minimum absolute atomic E-state index is 0.0457. The molecule has 0 unspecified atom stereocenters. The molecule has 2 aliphatic carbocycles. The fourth-order valence-corrected chi connectivity index (χ4v) is 3.03. The number of hydrogen-bond donors (Lipinski definition) is 0. The van der Waals surface area contributed by atoms with E-state index in [1.807, 2.05) is 6.92 Å². The predicted molar refractivity (Wildman–Crippen MR) is 64.4 cm³/mol. The SMILES string of the molecule is CCOC(=O)[C@@]12CC=C(C)[C@@H](CCCC1)C2=O. The third-order valence-electron chi connectivity index (χ3n) is 4.12. The van der Waals surface area contributed by atoms with Gasteiger partial charge in [0.05, 0.1) is 6.61 Å². The van der Waals surface area contributed by atoms with Gasteiger partial charge in [0.2, 0.25) is 0 Å². The standard InChI is InChI=1S/C14H20O3/c1-3-17-13(16)14-8-5-4-6-11(12(14)15)10(2)7-9-14/h7,11H,3-6,8-9H2,1-2H3/t11-,14-/m1/s1. The molecular weight excluding hydrogens is 216 g/mol. The van der Waals surface area contributed by atoms with E-state index in [-0.39, 0.29) is 17.7 Å². The first-order valence-electron chi connectivity index (χ1n) is 6.50. The summed E-state index contributed by atoms with van der Waals surface area (Å²) in [7, 11) is 0. The molecule has 0 aliphatic heterocycles. The summed E-state index contributed by atoms with van der Waals surface area (Å²) in [6.07, 6.45) is 6.12. The van der Waals surface area contributed by atoms with Crippen LogP contribution in [0.1, 0.15) is 46.0 Å². The second-order valence-electron chi connectivity index (χ2n) is 5.12. The molecule has 2 atom stereocenters. The molecule has 3 heteroatoms. The van der Waals surface area contributed by atoms with E-state index in [4.69, 9.17) is 4.74 Å².